The van der Waals surface area contributed by atoms with Crippen LogP contribution in [0.4, 0.5) is 33.9 Å². The van der Waals surface area contributed by atoms with E-state index in [-0.39, 0.29) is 12.0 Å². The van der Waals surface area contributed by atoms with E-state index < -0.39 is 12.2 Å². The number of amides is 1. The Morgan fingerprint density at radius 1 is 1.11 bits per heavy atom. The van der Waals surface area contributed by atoms with Gasteiger partial charge in [-0.2, -0.15) is 20.1 Å². The maximum atomic E-state index is 13.9. The molecule has 5 heterocycles. The van der Waals surface area contributed by atoms with Crippen molar-refractivity contribution in [3.8, 4) is 0 Å². The Hall–Kier alpha value is -3.94. The Morgan fingerprint density at radius 2 is 1.92 bits per heavy atom. The second-order valence-electron chi connectivity index (χ2n) is 9.87. The SMILES string of the molecule is CO[C@H]1C[C@@H](C(=O)Nc2cnccn2)N(c2nc(Nc3cc(C4CC4)[nH]n3)nc(N3CCC(F)CC3)n2)C1. The number of piperidine rings is 1. The minimum absolute atomic E-state index is 0.195. The van der Waals surface area contributed by atoms with E-state index in [9.17, 15) is 9.18 Å². The zero-order valence-corrected chi connectivity index (χ0v) is 21.0. The molecule has 0 unspecified atom stereocenters. The minimum Gasteiger partial charge on any atom is -0.380 e. The van der Waals surface area contributed by atoms with Crippen LogP contribution in [0.1, 0.15) is 43.7 Å². The van der Waals surface area contributed by atoms with Crippen LogP contribution in [0.15, 0.2) is 24.7 Å². The molecular weight excluding hydrogens is 493 g/mol. The van der Waals surface area contributed by atoms with Gasteiger partial charge in [0.15, 0.2) is 11.6 Å². The number of ether oxygens (including phenoxy) is 1. The van der Waals surface area contributed by atoms with Gasteiger partial charge in [0, 0.05) is 63.2 Å². The average Bonchev–Trinajstić information content (AvgIpc) is 3.52. The van der Waals surface area contributed by atoms with Crippen LogP contribution in [0, 0.1) is 0 Å². The molecule has 3 aliphatic rings. The normalized spacial score (nSPS) is 22.1. The Bertz CT molecular complexity index is 1260. The van der Waals surface area contributed by atoms with Crippen molar-refractivity contribution in [2.45, 2.75) is 56.3 Å². The number of aromatic nitrogens is 7. The molecular formula is C24H30FN11O2. The van der Waals surface area contributed by atoms with E-state index in [0.717, 1.165) is 18.5 Å². The lowest BCUT2D eigenvalue weighted by molar-refractivity contribution is -0.117. The van der Waals surface area contributed by atoms with Crippen LogP contribution in [0.2, 0.25) is 0 Å². The van der Waals surface area contributed by atoms with Crippen molar-refractivity contribution < 1.29 is 13.9 Å². The number of methoxy groups -OCH3 is 1. The van der Waals surface area contributed by atoms with Gasteiger partial charge in [0.25, 0.3) is 0 Å². The zero-order valence-electron chi connectivity index (χ0n) is 21.0. The molecule has 0 radical (unpaired) electrons. The molecule has 2 saturated heterocycles. The highest BCUT2D eigenvalue weighted by Crippen LogP contribution is 2.39. The topological polar surface area (TPSA) is 150 Å². The van der Waals surface area contributed by atoms with Gasteiger partial charge in [0.05, 0.1) is 12.3 Å². The van der Waals surface area contributed by atoms with Crippen LogP contribution in [-0.4, -0.2) is 86.1 Å². The smallest absolute Gasteiger partial charge is 0.248 e. The van der Waals surface area contributed by atoms with Gasteiger partial charge >= 0.3 is 0 Å². The van der Waals surface area contributed by atoms with E-state index in [1.54, 1.807) is 7.11 Å². The van der Waals surface area contributed by atoms with Crippen molar-refractivity contribution in [1.29, 1.82) is 0 Å². The first-order valence-electron chi connectivity index (χ1n) is 12.9. The summed E-state index contributed by atoms with van der Waals surface area (Å²) >= 11 is 0. The molecule has 200 valence electrons. The van der Waals surface area contributed by atoms with Crippen molar-refractivity contribution in [2.75, 3.05) is 47.2 Å². The number of nitrogens with zero attached hydrogens (tertiary/aromatic N) is 8. The Morgan fingerprint density at radius 3 is 2.66 bits per heavy atom. The van der Waals surface area contributed by atoms with E-state index in [1.807, 2.05) is 15.9 Å². The molecule has 1 aliphatic carbocycles. The van der Waals surface area contributed by atoms with E-state index in [2.05, 4.69) is 40.8 Å². The molecule has 2 aliphatic heterocycles. The molecule has 6 rings (SSSR count). The molecule has 3 fully saturated rings. The lowest BCUT2D eigenvalue weighted by Crippen LogP contribution is -2.41. The standard InChI is InChI=1S/C24H30FN11O2/c1-38-16-10-18(21(37)28-20-12-26-6-7-27-20)36(13-16)24-31-22(29-19-11-17(33-34-19)14-2-3-14)30-23(32-24)35-8-4-15(25)5-9-35/h6-7,11-12,14-16,18H,2-5,8-10,13H2,1H3,(H,27,28,37)(H2,29,30,31,32,33,34)/t16-,18-/m0/s1. The van der Waals surface area contributed by atoms with Gasteiger partial charge in [-0.15, -0.1) is 0 Å². The predicted molar refractivity (Wildman–Crippen MR) is 137 cm³/mol. The summed E-state index contributed by atoms with van der Waals surface area (Å²) in [7, 11) is 1.62. The molecule has 38 heavy (non-hydrogen) atoms. The number of rotatable bonds is 8. The number of aromatic amines is 1. The summed E-state index contributed by atoms with van der Waals surface area (Å²) in [5, 5.41) is 13.4. The zero-order chi connectivity index (χ0) is 26.1. The van der Waals surface area contributed by atoms with Gasteiger partial charge in [-0.1, -0.05) is 0 Å². The molecule has 3 N–H and O–H groups in total. The highest BCUT2D eigenvalue weighted by molar-refractivity contribution is 5.96. The fraction of sp³-hybridized carbons (Fsp3) is 0.542. The molecule has 14 heteroatoms. The molecule has 0 aromatic carbocycles. The number of hydrogen-bond donors (Lipinski definition) is 3. The number of carbonyl (C=O) groups excluding carboxylic acids is 1. The molecule has 1 amide bonds. The van der Waals surface area contributed by atoms with Gasteiger partial charge in [-0.3, -0.25) is 14.9 Å². The highest BCUT2D eigenvalue weighted by atomic mass is 19.1. The predicted octanol–water partition coefficient (Wildman–Crippen LogP) is 2.18. The first kappa shape index (κ1) is 24.4. The van der Waals surface area contributed by atoms with Crippen molar-refractivity contribution in [3.05, 3.63) is 30.4 Å². The molecule has 0 bridgehead atoms. The summed E-state index contributed by atoms with van der Waals surface area (Å²) in [5.41, 5.74) is 1.08. The summed E-state index contributed by atoms with van der Waals surface area (Å²) in [6.45, 7) is 1.41. The van der Waals surface area contributed by atoms with Crippen LogP contribution in [0.5, 0.6) is 0 Å². The minimum atomic E-state index is -0.828. The van der Waals surface area contributed by atoms with E-state index in [4.69, 9.17) is 9.72 Å². The molecule has 2 atom stereocenters. The number of anilines is 5. The van der Waals surface area contributed by atoms with Crippen LogP contribution in [-0.2, 0) is 9.53 Å². The molecule has 1 saturated carbocycles. The number of halogens is 1. The Balaban J connectivity index is 1.30. The summed E-state index contributed by atoms with van der Waals surface area (Å²) in [4.78, 5) is 39.3. The van der Waals surface area contributed by atoms with E-state index in [0.29, 0.717) is 74.3 Å². The summed E-state index contributed by atoms with van der Waals surface area (Å²) in [6.07, 6.45) is 7.09. The summed E-state index contributed by atoms with van der Waals surface area (Å²) in [5.74, 6) is 2.28. The number of H-pyrrole nitrogens is 1. The van der Waals surface area contributed by atoms with Gasteiger partial charge in [-0.25, -0.2) is 9.37 Å². The van der Waals surface area contributed by atoms with Crippen molar-refractivity contribution >= 4 is 35.4 Å². The van der Waals surface area contributed by atoms with Crippen LogP contribution >= 0.6 is 0 Å². The van der Waals surface area contributed by atoms with Crippen molar-refractivity contribution in [3.63, 3.8) is 0 Å². The van der Waals surface area contributed by atoms with Crippen molar-refractivity contribution in [1.82, 2.24) is 35.1 Å². The van der Waals surface area contributed by atoms with Gasteiger partial charge in [0.1, 0.15) is 12.2 Å². The number of nitrogens with one attached hydrogen (secondary N) is 3. The average molecular weight is 524 g/mol. The van der Waals surface area contributed by atoms with Gasteiger partial charge in [0.2, 0.25) is 23.8 Å². The number of carbonyl (C=O) groups is 1. The van der Waals surface area contributed by atoms with Crippen molar-refractivity contribution in [2.24, 2.45) is 0 Å². The molecule has 13 nitrogen and oxygen atoms in total. The first-order valence-corrected chi connectivity index (χ1v) is 12.9. The third kappa shape index (κ3) is 5.35. The second kappa shape index (κ2) is 10.4. The van der Waals surface area contributed by atoms with Gasteiger partial charge < -0.3 is 25.2 Å². The third-order valence-electron chi connectivity index (χ3n) is 7.14. The number of hydrogen-bond acceptors (Lipinski definition) is 11. The van der Waals surface area contributed by atoms with Crippen LogP contribution < -0.4 is 20.4 Å². The Labute approximate surface area is 218 Å². The van der Waals surface area contributed by atoms with Crippen LogP contribution in [0.25, 0.3) is 0 Å². The first-order chi connectivity index (χ1) is 18.6. The molecule has 0 spiro atoms. The maximum absolute atomic E-state index is 13.9. The summed E-state index contributed by atoms with van der Waals surface area (Å²) in [6, 6.07) is 1.36. The Kier molecular flexibility index (Phi) is 6.70. The fourth-order valence-electron chi connectivity index (χ4n) is 4.86. The van der Waals surface area contributed by atoms with E-state index >= 15 is 0 Å². The monoisotopic (exact) mass is 523 g/mol. The second-order valence-corrected chi connectivity index (χ2v) is 9.87. The van der Waals surface area contributed by atoms with E-state index in [1.165, 1.54) is 18.6 Å². The number of alkyl halides is 1. The van der Waals surface area contributed by atoms with Gasteiger partial charge in [-0.05, 0) is 25.7 Å². The maximum Gasteiger partial charge on any atom is 0.248 e. The molecule has 3 aromatic heterocycles. The largest absolute Gasteiger partial charge is 0.380 e. The molecule has 3 aromatic rings. The fourth-order valence-corrected chi connectivity index (χ4v) is 4.86. The van der Waals surface area contributed by atoms with Crippen LogP contribution in [0.3, 0.4) is 0 Å². The third-order valence-corrected chi connectivity index (χ3v) is 7.14. The lowest BCUT2D eigenvalue weighted by Gasteiger charge is -2.30. The lowest BCUT2D eigenvalue weighted by atomic mass is 10.1. The highest BCUT2D eigenvalue weighted by Gasteiger charge is 2.39. The quantitative estimate of drug-likeness (QED) is 0.399. The summed E-state index contributed by atoms with van der Waals surface area (Å²) < 4.78 is 19.5.